The summed E-state index contributed by atoms with van der Waals surface area (Å²) in [7, 11) is 0. The number of ether oxygens (including phenoxy) is 1. The van der Waals surface area contributed by atoms with Crippen molar-refractivity contribution >= 4 is 27.5 Å². The minimum atomic E-state index is -0.796. The van der Waals surface area contributed by atoms with E-state index >= 15 is 0 Å². The first-order valence-corrected chi connectivity index (χ1v) is 10.5. The third-order valence-electron chi connectivity index (χ3n) is 6.64. The van der Waals surface area contributed by atoms with E-state index in [0.29, 0.717) is 12.0 Å². The Kier molecular flexibility index (Phi) is 5.93. The maximum Gasteiger partial charge on any atom is 0.0797 e. The summed E-state index contributed by atoms with van der Waals surface area (Å²) in [5.41, 5.74) is -0.692. The smallest absolute Gasteiger partial charge is 0.0797 e. The van der Waals surface area contributed by atoms with E-state index in [4.69, 9.17) is 16.3 Å². The zero-order valence-corrected chi connectivity index (χ0v) is 18.2. The summed E-state index contributed by atoms with van der Waals surface area (Å²) in [4.78, 5) is 0.0353. The van der Waals surface area contributed by atoms with E-state index in [-0.39, 0.29) is 20.7 Å². The van der Waals surface area contributed by atoms with Crippen molar-refractivity contribution in [2.45, 2.75) is 100 Å². The first-order chi connectivity index (χ1) is 10.8. The molecule has 24 heavy (non-hydrogen) atoms. The van der Waals surface area contributed by atoms with Crippen molar-refractivity contribution in [3.63, 3.8) is 0 Å². The predicted octanol–water partition coefficient (Wildman–Crippen LogP) is 5.84. The minimum absolute atomic E-state index is 0.0467. The summed E-state index contributed by atoms with van der Waals surface area (Å²) in [5.74, 6) is 0.466. The molecule has 0 aromatic heterocycles. The SMILES string of the molecule is C=C[C@@](C)(O)CCC1C2(C)CCC(O2)C1(C)CC[C@H](Br)C(C)(C)Cl. The van der Waals surface area contributed by atoms with Gasteiger partial charge in [-0.05, 0) is 77.6 Å². The van der Waals surface area contributed by atoms with Gasteiger partial charge < -0.3 is 9.84 Å². The van der Waals surface area contributed by atoms with Gasteiger partial charge in [0.25, 0.3) is 0 Å². The lowest BCUT2D eigenvalue weighted by atomic mass is 9.59. The van der Waals surface area contributed by atoms with Gasteiger partial charge in [-0.1, -0.05) is 28.9 Å². The average Bonchev–Trinajstić information content (AvgIpc) is 2.95. The molecule has 2 aliphatic heterocycles. The van der Waals surface area contributed by atoms with Crippen molar-refractivity contribution in [1.82, 2.24) is 0 Å². The molecule has 0 radical (unpaired) electrons. The highest BCUT2D eigenvalue weighted by molar-refractivity contribution is 9.09. The molecular weight excluding hydrogens is 388 g/mol. The number of rotatable bonds is 8. The number of hydrogen-bond donors (Lipinski definition) is 1. The largest absolute Gasteiger partial charge is 0.386 e. The molecular formula is C20H34BrClO2. The Balaban J connectivity index is 2.11. The Morgan fingerprint density at radius 2 is 2.04 bits per heavy atom. The van der Waals surface area contributed by atoms with Crippen LogP contribution in [0.3, 0.4) is 0 Å². The number of alkyl halides is 2. The highest BCUT2D eigenvalue weighted by Gasteiger charge is 2.62. The van der Waals surface area contributed by atoms with Crippen molar-refractivity contribution < 1.29 is 9.84 Å². The van der Waals surface area contributed by atoms with Gasteiger partial charge in [0, 0.05) is 4.83 Å². The minimum Gasteiger partial charge on any atom is -0.386 e. The van der Waals surface area contributed by atoms with Gasteiger partial charge in [0.1, 0.15) is 0 Å². The highest BCUT2D eigenvalue weighted by atomic mass is 79.9. The molecule has 2 aliphatic rings. The van der Waals surface area contributed by atoms with Gasteiger partial charge in [-0.15, -0.1) is 18.2 Å². The number of aliphatic hydroxyl groups is 1. The normalized spacial score (nSPS) is 39.7. The number of hydrogen-bond acceptors (Lipinski definition) is 2. The molecule has 2 fully saturated rings. The molecule has 1 N–H and O–H groups in total. The Morgan fingerprint density at radius 1 is 1.42 bits per heavy atom. The summed E-state index contributed by atoms with van der Waals surface area (Å²) in [6, 6.07) is 0. The second-order valence-electron chi connectivity index (χ2n) is 9.19. The van der Waals surface area contributed by atoms with E-state index in [2.05, 4.69) is 50.2 Å². The van der Waals surface area contributed by atoms with Crippen LogP contribution in [-0.4, -0.2) is 32.1 Å². The van der Waals surface area contributed by atoms with Crippen LogP contribution < -0.4 is 0 Å². The fraction of sp³-hybridized carbons (Fsp3) is 0.900. The molecule has 0 saturated carbocycles. The number of fused-ring (bicyclic) bond motifs is 2. The van der Waals surface area contributed by atoms with Gasteiger partial charge in [0.2, 0.25) is 0 Å². The molecule has 0 spiro atoms. The second-order valence-corrected chi connectivity index (χ2v) is 11.3. The van der Waals surface area contributed by atoms with Gasteiger partial charge in [-0.2, -0.15) is 0 Å². The molecule has 4 heteroatoms. The molecule has 2 rings (SSSR count). The summed E-state index contributed by atoms with van der Waals surface area (Å²) in [6.45, 7) is 14.4. The second kappa shape index (κ2) is 6.87. The first kappa shape index (κ1) is 20.7. The van der Waals surface area contributed by atoms with Crippen molar-refractivity contribution in [2.75, 3.05) is 0 Å². The van der Waals surface area contributed by atoms with Crippen LogP contribution in [0.5, 0.6) is 0 Å². The van der Waals surface area contributed by atoms with E-state index in [1.54, 1.807) is 6.08 Å². The summed E-state index contributed by atoms with van der Waals surface area (Å²) in [6.07, 6.45) is 8.12. The van der Waals surface area contributed by atoms with E-state index < -0.39 is 5.60 Å². The maximum atomic E-state index is 10.3. The molecule has 2 heterocycles. The Hall–Kier alpha value is 0.430. The lowest BCUT2D eigenvalue weighted by Crippen LogP contribution is -2.44. The van der Waals surface area contributed by atoms with Crippen molar-refractivity contribution in [3.05, 3.63) is 12.7 Å². The Labute approximate surface area is 161 Å². The molecule has 0 aliphatic carbocycles. The lowest BCUT2D eigenvalue weighted by molar-refractivity contribution is -0.000272. The molecule has 0 amide bonds. The van der Waals surface area contributed by atoms with E-state index in [1.165, 1.54) is 0 Å². The summed E-state index contributed by atoms with van der Waals surface area (Å²) in [5, 5.41) is 10.3. The van der Waals surface area contributed by atoms with Gasteiger partial charge in [0.05, 0.1) is 22.2 Å². The molecule has 0 aromatic carbocycles. The van der Waals surface area contributed by atoms with E-state index in [0.717, 1.165) is 38.5 Å². The highest BCUT2D eigenvalue weighted by Crippen LogP contribution is 2.61. The van der Waals surface area contributed by atoms with Crippen LogP contribution in [0.15, 0.2) is 12.7 Å². The molecule has 2 bridgehead atoms. The molecule has 6 atom stereocenters. The van der Waals surface area contributed by atoms with Crippen LogP contribution >= 0.6 is 27.5 Å². The molecule has 2 saturated heterocycles. The number of halogens is 2. The zero-order valence-electron chi connectivity index (χ0n) is 15.9. The van der Waals surface area contributed by atoms with Crippen LogP contribution in [0.4, 0.5) is 0 Å². The summed E-state index contributed by atoms with van der Waals surface area (Å²) < 4.78 is 6.45. The molecule has 4 unspecified atom stereocenters. The Bertz CT molecular complexity index is 473. The molecule has 2 nitrogen and oxygen atoms in total. The van der Waals surface area contributed by atoms with E-state index in [9.17, 15) is 5.11 Å². The molecule has 140 valence electrons. The van der Waals surface area contributed by atoms with Gasteiger partial charge >= 0.3 is 0 Å². The Morgan fingerprint density at radius 3 is 2.58 bits per heavy atom. The third-order valence-corrected chi connectivity index (χ3v) is 8.77. The van der Waals surface area contributed by atoms with Crippen LogP contribution in [0, 0.1) is 11.3 Å². The van der Waals surface area contributed by atoms with Crippen molar-refractivity contribution in [1.29, 1.82) is 0 Å². The van der Waals surface area contributed by atoms with Crippen LogP contribution in [-0.2, 0) is 4.74 Å². The fourth-order valence-corrected chi connectivity index (χ4v) is 5.13. The van der Waals surface area contributed by atoms with Crippen molar-refractivity contribution in [2.24, 2.45) is 11.3 Å². The quantitative estimate of drug-likeness (QED) is 0.394. The van der Waals surface area contributed by atoms with Gasteiger partial charge in [0.15, 0.2) is 0 Å². The predicted molar refractivity (Wildman–Crippen MR) is 106 cm³/mol. The fourth-order valence-electron chi connectivity index (χ4n) is 4.79. The van der Waals surface area contributed by atoms with Gasteiger partial charge in [-0.3, -0.25) is 0 Å². The van der Waals surface area contributed by atoms with Crippen LogP contribution in [0.1, 0.15) is 73.1 Å². The van der Waals surface area contributed by atoms with Gasteiger partial charge in [-0.25, -0.2) is 0 Å². The first-order valence-electron chi connectivity index (χ1n) is 9.21. The average molecular weight is 422 g/mol. The standard InChI is InChI=1S/C20H34BrClO2/c1-7-18(4,23)11-8-14-19(5,12-9-15(21)17(2,3)22)16-10-13-20(14,6)24-16/h7,14-16,23H,1,8-13H2,2-6H3/t14?,15-,16?,18+,19?,20?/m0/s1. The molecule has 0 aromatic rings. The lowest BCUT2D eigenvalue weighted by Gasteiger charge is -2.43. The van der Waals surface area contributed by atoms with Crippen LogP contribution in [0.25, 0.3) is 0 Å². The maximum absolute atomic E-state index is 10.3. The van der Waals surface area contributed by atoms with E-state index in [1.807, 2.05) is 6.92 Å². The third kappa shape index (κ3) is 4.05. The van der Waals surface area contributed by atoms with Crippen molar-refractivity contribution in [3.8, 4) is 0 Å². The summed E-state index contributed by atoms with van der Waals surface area (Å²) >= 11 is 10.2. The zero-order chi connectivity index (χ0) is 18.4. The van der Waals surface area contributed by atoms with Crippen LogP contribution in [0.2, 0.25) is 0 Å². The topological polar surface area (TPSA) is 29.5 Å². The monoisotopic (exact) mass is 420 g/mol.